The molecule has 18 heavy (non-hydrogen) atoms. The molecule has 2 saturated carbocycles. The maximum absolute atomic E-state index is 9.32. The fourth-order valence-electron chi connectivity index (χ4n) is 2.72. The third-order valence-corrected chi connectivity index (χ3v) is 3.93. The van der Waals surface area contributed by atoms with Crippen molar-refractivity contribution in [2.24, 2.45) is 5.92 Å². The van der Waals surface area contributed by atoms with Gasteiger partial charge in [0.2, 0.25) is 0 Å². The molecule has 0 spiro atoms. The zero-order valence-corrected chi connectivity index (χ0v) is 10.5. The molecule has 2 fully saturated rings. The molecular formula is C13H20N4O. The smallest absolute Gasteiger partial charge is 0.136 e. The average molecular weight is 248 g/mol. The van der Waals surface area contributed by atoms with Crippen LogP contribution in [0.15, 0.2) is 6.07 Å². The standard InChI is InChI=1S/C13H20N4O/c14-11-6-12(17-13(16-11)8-4-5-8)15-10-3-1-2-9(10)7-18/h6,8-10,18H,1-5,7H2,(H3,14,15,16,17). The Bertz CT molecular complexity index is 433. The number of nitrogens with zero attached hydrogens (tertiary/aromatic N) is 2. The lowest BCUT2D eigenvalue weighted by molar-refractivity contribution is 0.222. The van der Waals surface area contributed by atoms with Gasteiger partial charge >= 0.3 is 0 Å². The minimum atomic E-state index is 0.244. The number of hydrogen-bond donors (Lipinski definition) is 3. The predicted molar refractivity (Wildman–Crippen MR) is 70.3 cm³/mol. The van der Waals surface area contributed by atoms with Crippen LogP contribution in [-0.4, -0.2) is 27.7 Å². The number of anilines is 2. The fraction of sp³-hybridized carbons (Fsp3) is 0.692. The van der Waals surface area contributed by atoms with Gasteiger partial charge in [-0.1, -0.05) is 6.42 Å². The first-order chi connectivity index (χ1) is 8.76. The van der Waals surface area contributed by atoms with E-state index in [1.165, 1.54) is 19.3 Å². The third-order valence-electron chi connectivity index (χ3n) is 3.93. The maximum Gasteiger partial charge on any atom is 0.136 e. The van der Waals surface area contributed by atoms with Gasteiger partial charge in [0.05, 0.1) is 0 Å². The van der Waals surface area contributed by atoms with Crippen molar-refractivity contribution in [1.82, 2.24) is 9.97 Å². The van der Waals surface area contributed by atoms with Crippen molar-refractivity contribution >= 4 is 11.6 Å². The van der Waals surface area contributed by atoms with Gasteiger partial charge in [-0.25, -0.2) is 9.97 Å². The van der Waals surface area contributed by atoms with Gasteiger partial charge in [-0.15, -0.1) is 0 Å². The van der Waals surface area contributed by atoms with Crippen LogP contribution in [0.4, 0.5) is 11.6 Å². The SMILES string of the molecule is Nc1cc(NC2CCCC2CO)nc(C2CC2)n1. The van der Waals surface area contributed by atoms with Crippen LogP contribution < -0.4 is 11.1 Å². The third kappa shape index (κ3) is 2.41. The maximum atomic E-state index is 9.32. The largest absolute Gasteiger partial charge is 0.396 e. The van der Waals surface area contributed by atoms with Crippen LogP contribution >= 0.6 is 0 Å². The van der Waals surface area contributed by atoms with Crippen LogP contribution in [-0.2, 0) is 0 Å². The van der Waals surface area contributed by atoms with Crippen molar-refractivity contribution in [3.8, 4) is 0 Å². The summed E-state index contributed by atoms with van der Waals surface area (Å²) in [5, 5.41) is 12.7. The Labute approximate surface area is 107 Å². The van der Waals surface area contributed by atoms with Gasteiger partial charge in [0.15, 0.2) is 0 Å². The second kappa shape index (κ2) is 4.72. The van der Waals surface area contributed by atoms with E-state index in [1.54, 1.807) is 6.07 Å². The molecule has 0 aromatic carbocycles. The van der Waals surface area contributed by atoms with E-state index in [2.05, 4.69) is 15.3 Å². The summed E-state index contributed by atoms with van der Waals surface area (Å²) in [6.07, 6.45) is 5.69. The number of rotatable bonds is 4. The van der Waals surface area contributed by atoms with E-state index >= 15 is 0 Å². The van der Waals surface area contributed by atoms with Gasteiger partial charge in [-0.2, -0.15) is 0 Å². The lowest BCUT2D eigenvalue weighted by Gasteiger charge is -2.20. The molecular weight excluding hydrogens is 228 g/mol. The van der Waals surface area contributed by atoms with Gasteiger partial charge in [0.25, 0.3) is 0 Å². The Balaban J connectivity index is 1.75. The van der Waals surface area contributed by atoms with Gasteiger partial charge in [-0.05, 0) is 25.7 Å². The quantitative estimate of drug-likeness (QED) is 0.752. The van der Waals surface area contributed by atoms with Crippen molar-refractivity contribution in [2.45, 2.75) is 44.1 Å². The van der Waals surface area contributed by atoms with Crippen molar-refractivity contribution in [2.75, 3.05) is 17.7 Å². The average Bonchev–Trinajstić information content (AvgIpc) is 3.10. The summed E-state index contributed by atoms with van der Waals surface area (Å²) in [5.41, 5.74) is 5.83. The second-order valence-electron chi connectivity index (χ2n) is 5.43. The van der Waals surface area contributed by atoms with Crippen LogP contribution in [0.2, 0.25) is 0 Å². The van der Waals surface area contributed by atoms with E-state index in [9.17, 15) is 5.11 Å². The summed E-state index contributed by atoms with van der Waals surface area (Å²) in [6, 6.07) is 2.11. The second-order valence-corrected chi connectivity index (χ2v) is 5.43. The lowest BCUT2D eigenvalue weighted by atomic mass is 10.1. The molecule has 0 bridgehead atoms. The van der Waals surface area contributed by atoms with Crippen molar-refractivity contribution in [3.05, 3.63) is 11.9 Å². The summed E-state index contributed by atoms with van der Waals surface area (Å²) in [7, 11) is 0. The first-order valence-electron chi connectivity index (χ1n) is 6.78. The number of nitrogens with one attached hydrogen (secondary N) is 1. The molecule has 1 aromatic heterocycles. The number of aliphatic hydroxyl groups excluding tert-OH is 1. The molecule has 5 nitrogen and oxygen atoms in total. The molecule has 98 valence electrons. The van der Waals surface area contributed by atoms with Crippen LogP contribution in [0.25, 0.3) is 0 Å². The summed E-state index contributed by atoms with van der Waals surface area (Å²) >= 11 is 0. The van der Waals surface area contributed by atoms with Crippen LogP contribution in [0.3, 0.4) is 0 Å². The van der Waals surface area contributed by atoms with E-state index in [1.807, 2.05) is 0 Å². The van der Waals surface area contributed by atoms with Gasteiger partial charge < -0.3 is 16.2 Å². The van der Waals surface area contributed by atoms with Gasteiger partial charge in [-0.3, -0.25) is 0 Å². The first kappa shape index (κ1) is 11.7. The number of nitrogens with two attached hydrogens (primary N) is 1. The minimum absolute atomic E-state index is 0.244. The highest BCUT2D eigenvalue weighted by atomic mass is 16.3. The van der Waals surface area contributed by atoms with E-state index in [0.29, 0.717) is 23.7 Å². The zero-order chi connectivity index (χ0) is 12.5. The zero-order valence-electron chi connectivity index (χ0n) is 10.5. The first-order valence-corrected chi connectivity index (χ1v) is 6.78. The van der Waals surface area contributed by atoms with Crippen LogP contribution in [0.1, 0.15) is 43.8 Å². The molecule has 2 atom stereocenters. The summed E-state index contributed by atoms with van der Waals surface area (Å²) in [6.45, 7) is 0.244. The van der Waals surface area contributed by atoms with Crippen molar-refractivity contribution < 1.29 is 5.11 Å². The van der Waals surface area contributed by atoms with Gasteiger partial charge in [0.1, 0.15) is 17.5 Å². The van der Waals surface area contributed by atoms with Crippen molar-refractivity contribution in [3.63, 3.8) is 0 Å². The number of aromatic nitrogens is 2. The lowest BCUT2D eigenvalue weighted by Crippen LogP contribution is -2.27. The molecule has 0 aliphatic heterocycles. The molecule has 2 aliphatic rings. The Hall–Kier alpha value is -1.36. The van der Waals surface area contributed by atoms with E-state index in [0.717, 1.165) is 24.5 Å². The van der Waals surface area contributed by atoms with E-state index < -0.39 is 0 Å². The summed E-state index contributed by atoms with van der Waals surface area (Å²) in [5.74, 6) is 3.07. The normalized spacial score (nSPS) is 27.4. The molecule has 2 unspecified atom stereocenters. The van der Waals surface area contributed by atoms with Crippen LogP contribution in [0, 0.1) is 5.92 Å². The Morgan fingerprint density at radius 2 is 2.11 bits per heavy atom. The predicted octanol–water partition coefficient (Wildman–Crippen LogP) is 1.51. The fourth-order valence-corrected chi connectivity index (χ4v) is 2.72. The molecule has 1 heterocycles. The summed E-state index contributed by atoms with van der Waals surface area (Å²) < 4.78 is 0. The molecule has 0 saturated heterocycles. The molecule has 4 N–H and O–H groups in total. The Morgan fingerprint density at radius 3 is 2.83 bits per heavy atom. The summed E-state index contributed by atoms with van der Waals surface area (Å²) in [4.78, 5) is 8.83. The molecule has 2 aliphatic carbocycles. The molecule has 3 rings (SSSR count). The number of nitrogen functional groups attached to an aromatic ring is 1. The Morgan fingerprint density at radius 1 is 1.28 bits per heavy atom. The highest BCUT2D eigenvalue weighted by Crippen LogP contribution is 2.39. The minimum Gasteiger partial charge on any atom is -0.396 e. The van der Waals surface area contributed by atoms with Crippen molar-refractivity contribution in [1.29, 1.82) is 0 Å². The Kier molecular flexibility index (Phi) is 3.07. The van der Waals surface area contributed by atoms with E-state index in [-0.39, 0.29) is 6.61 Å². The van der Waals surface area contributed by atoms with Crippen LogP contribution in [0.5, 0.6) is 0 Å². The number of aliphatic hydroxyl groups is 1. The molecule has 1 aromatic rings. The topological polar surface area (TPSA) is 84.1 Å². The molecule has 0 amide bonds. The number of hydrogen-bond acceptors (Lipinski definition) is 5. The molecule has 5 heteroatoms. The monoisotopic (exact) mass is 248 g/mol. The highest BCUT2D eigenvalue weighted by molar-refractivity contribution is 5.46. The highest BCUT2D eigenvalue weighted by Gasteiger charge is 2.29. The van der Waals surface area contributed by atoms with E-state index in [4.69, 9.17) is 5.73 Å². The molecule has 0 radical (unpaired) electrons. The van der Waals surface area contributed by atoms with Gasteiger partial charge in [0, 0.05) is 30.6 Å².